The molecule has 0 spiro atoms. The fourth-order valence-corrected chi connectivity index (χ4v) is 2.79. The standard InChI is InChI=1S/C13H12N7O/c14-10(21)8-2-1-5-20(8)13-9-7-3-4-15-11(7)18-19-12(9)16-6-17-13/h2-4,6,8H,1,5H2,(H2,14,21)(H,15,18). The van der Waals surface area contributed by atoms with Gasteiger partial charge in [0.2, 0.25) is 5.91 Å². The fourth-order valence-electron chi connectivity index (χ4n) is 2.79. The number of anilines is 1. The third kappa shape index (κ3) is 1.72. The van der Waals surface area contributed by atoms with Crippen molar-refractivity contribution in [3.8, 4) is 0 Å². The van der Waals surface area contributed by atoms with Crippen LogP contribution in [-0.4, -0.2) is 43.6 Å². The molecule has 1 atom stereocenters. The van der Waals surface area contributed by atoms with Crippen molar-refractivity contribution < 1.29 is 4.79 Å². The second-order valence-corrected chi connectivity index (χ2v) is 4.90. The third-order valence-electron chi connectivity index (χ3n) is 3.71. The van der Waals surface area contributed by atoms with Crippen LogP contribution in [0.1, 0.15) is 6.42 Å². The first-order valence-electron chi connectivity index (χ1n) is 6.59. The van der Waals surface area contributed by atoms with Crippen LogP contribution >= 0.6 is 0 Å². The zero-order chi connectivity index (χ0) is 14.4. The van der Waals surface area contributed by atoms with E-state index in [-0.39, 0.29) is 5.91 Å². The number of amides is 1. The first kappa shape index (κ1) is 12.0. The highest BCUT2D eigenvalue weighted by Gasteiger charge is 2.32. The number of nitrogens with one attached hydrogen (secondary N) is 1. The molecule has 3 aromatic rings. The summed E-state index contributed by atoms with van der Waals surface area (Å²) in [6.45, 7) is 0.688. The number of rotatable bonds is 2. The summed E-state index contributed by atoms with van der Waals surface area (Å²) < 4.78 is 0. The molecule has 3 N–H and O–H groups in total. The van der Waals surface area contributed by atoms with E-state index in [0.29, 0.717) is 23.7 Å². The summed E-state index contributed by atoms with van der Waals surface area (Å²) in [5, 5.41) is 9.84. The molecule has 1 saturated heterocycles. The van der Waals surface area contributed by atoms with Crippen molar-refractivity contribution in [2.75, 3.05) is 11.4 Å². The van der Waals surface area contributed by atoms with Gasteiger partial charge in [-0.2, -0.15) is 0 Å². The number of fused-ring (bicyclic) bond motifs is 3. The molecule has 0 aliphatic carbocycles. The van der Waals surface area contributed by atoms with Gasteiger partial charge in [0, 0.05) is 18.1 Å². The van der Waals surface area contributed by atoms with Crippen molar-refractivity contribution >= 4 is 33.8 Å². The summed E-state index contributed by atoms with van der Waals surface area (Å²) in [6.07, 6.45) is 5.91. The van der Waals surface area contributed by atoms with Gasteiger partial charge in [-0.25, -0.2) is 9.97 Å². The summed E-state index contributed by atoms with van der Waals surface area (Å²) >= 11 is 0. The van der Waals surface area contributed by atoms with Crippen LogP contribution in [0, 0.1) is 6.42 Å². The molecule has 1 amide bonds. The minimum atomic E-state index is -0.453. The molecule has 21 heavy (non-hydrogen) atoms. The molecule has 1 radical (unpaired) electrons. The molecule has 4 rings (SSSR count). The summed E-state index contributed by atoms with van der Waals surface area (Å²) in [4.78, 5) is 25.0. The molecule has 1 fully saturated rings. The van der Waals surface area contributed by atoms with E-state index in [9.17, 15) is 4.79 Å². The maximum atomic E-state index is 11.6. The van der Waals surface area contributed by atoms with Gasteiger partial charge in [0.05, 0.1) is 5.39 Å². The van der Waals surface area contributed by atoms with Crippen molar-refractivity contribution in [1.29, 1.82) is 0 Å². The largest absolute Gasteiger partial charge is 0.368 e. The first-order chi connectivity index (χ1) is 10.3. The summed E-state index contributed by atoms with van der Waals surface area (Å²) in [5.41, 5.74) is 6.64. The van der Waals surface area contributed by atoms with Gasteiger partial charge in [-0.05, 0) is 18.9 Å². The Bertz CT molecular complexity index is 843. The first-order valence-corrected chi connectivity index (χ1v) is 6.59. The van der Waals surface area contributed by atoms with E-state index in [1.165, 1.54) is 6.33 Å². The third-order valence-corrected chi connectivity index (χ3v) is 3.71. The van der Waals surface area contributed by atoms with Gasteiger partial charge in [0.15, 0.2) is 11.3 Å². The number of aromatic nitrogens is 5. The summed E-state index contributed by atoms with van der Waals surface area (Å²) in [6, 6.07) is 1.45. The van der Waals surface area contributed by atoms with E-state index in [1.54, 1.807) is 6.20 Å². The lowest BCUT2D eigenvalue weighted by Gasteiger charge is -2.23. The van der Waals surface area contributed by atoms with Crippen LogP contribution in [0.4, 0.5) is 5.82 Å². The monoisotopic (exact) mass is 282 g/mol. The Morgan fingerprint density at radius 2 is 2.29 bits per heavy atom. The summed E-state index contributed by atoms with van der Waals surface area (Å²) in [7, 11) is 0. The molecule has 0 aromatic carbocycles. The van der Waals surface area contributed by atoms with Crippen molar-refractivity contribution in [2.24, 2.45) is 5.73 Å². The lowest BCUT2D eigenvalue weighted by atomic mass is 10.2. The number of aromatic amines is 1. The second kappa shape index (κ2) is 4.37. The minimum Gasteiger partial charge on any atom is -0.368 e. The Morgan fingerprint density at radius 1 is 1.38 bits per heavy atom. The van der Waals surface area contributed by atoms with Crippen molar-refractivity contribution in [3.05, 3.63) is 25.0 Å². The molecule has 8 heteroatoms. The van der Waals surface area contributed by atoms with Crippen molar-refractivity contribution in [1.82, 2.24) is 25.1 Å². The Hall–Kier alpha value is -2.77. The highest BCUT2D eigenvalue weighted by atomic mass is 16.1. The number of primary amides is 1. The number of carbonyl (C=O) groups is 1. The van der Waals surface area contributed by atoms with E-state index in [1.807, 2.05) is 17.4 Å². The predicted octanol–water partition coefficient (Wildman–Crippen LogP) is 0.169. The maximum Gasteiger partial charge on any atom is 0.240 e. The average molecular weight is 282 g/mol. The molecule has 1 aliphatic heterocycles. The smallest absolute Gasteiger partial charge is 0.240 e. The fraction of sp³-hybridized carbons (Fsp3) is 0.231. The van der Waals surface area contributed by atoms with Crippen LogP contribution in [0.2, 0.25) is 0 Å². The van der Waals surface area contributed by atoms with Crippen LogP contribution in [0.25, 0.3) is 22.1 Å². The Morgan fingerprint density at radius 3 is 3.14 bits per heavy atom. The molecule has 1 aliphatic rings. The average Bonchev–Trinajstić information content (AvgIpc) is 3.15. The maximum absolute atomic E-state index is 11.6. The number of nitrogens with zero attached hydrogens (tertiary/aromatic N) is 5. The van der Waals surface area contributed by atoms with Crippen LogP contribution in [0.15, 0.2) is 18.6 Å². The van der Waals surface area contributed by atoms with Gasteiger partial charge in [-0.1, -0.05) is 0 Å². The zero-order valence-electron chi connectivity index (χ0n) is 11.0. The van der Waals surface area contributed by atoms with Gasteiger partial charge < -0.3 is 15.6 Å². The normalized spacial score (nSPS) is 18.7. The van der Waals surface area contributed by atoms with Gasteiger partial charge >= 0.3 is 0 Å². The lowest BCUT2D eigenvalue weighted by molar-refractivity contribution is -0.118. The predicted molar refractivity (Wildman–Crippen MR) is 76.2 cm³/mol. The van der Waals surface area contributed by atoms with E-state index >= 15 is 0 Å². The molecule has 1 unspecified atom stereocenters. The Labute approximate surface area is 119 Å². The number of hydrogen-bond donors (Lipinski definition) is 2. The molecule has 0 saturated carbocycles. The SMILES string of the molecule is NC(=O)C1[CH]CCN1c1ncnc2nnc3[nH]ccc3c12. The van der Waals surface area contributed by atoms with E-state index in [0.717, 1.165) is 17.2 Å². The molecular weight excluding hydrogens is 270 g/mol. The van der Waals surface area contributed by atoms with Gasteiger partial charge in [-0.15, -0.1) is 10.2 Å². The molecule has 105 valence electrons. The second-order valence-electron chi connectivity index (χ2n) is 4.90. The van der Waals surface area contributed by atoms with Crippen LogP contribution < -0.4 is 10.6 Å². The summed E-state index contributed by atoms with van der Waals surface area (Å²) in [5.74, 6) is 0.281. The van der Waals surface area contributed by atoms with Gasteiger partial charge in [0.1, 0.15) is 18.2 Å². The number of carbonyl (C=O) groups excluding carboxylic acids is 1. The minimum absolute atomic E-state index is 0.383. The number of hydrogen-bond acceptors (Lipinski definition) is 6. The number of nitrogens with two attached hydrogens (primary N) is 1. The molecule has 8 nitrogen and oxygen atoms in total. The van der Waals surface area contributed by atoms with E-state index in [4.69, 9.17) is 5.73 Å². The van der Waals surface area contributed by atoms with Crippen molar-refractivity contribution in [2.45, 2.75) is 12.5 Å². The zero-order valence-corrected chi connectivity index (χ0v) is 11.0. The van der Waals surface area contributed by atoms with Crippen LogP contribution in [0.3, 0.4) is 0 Å². The van der Waals surface area contributed by atoms with E-state index < -0.39 is 6.04 Å². The number of H-pyrrole nitrogens is 1. The quantitative estimate of drug-likeness (QED) is 0.692. The molecule has 3 aromatic heterocycles. The Balaban J connectivity index is 2.00. The van der Waals surface area contributed by atoms with Crippen molar-refractivity contribution in [3.63, 3.8) is 0 Å². The highest BCUT2D eigenvalue weighted by Crippen LogP contribution is 2.32. The molecular formula is C13H12N7O. The van der Waals surface area contributed by atoms with Gasteiger partial charge in [-0.3, -0.25) is 4.79 Å². The molecule has 4 heterocycles. The van der Waals surface area contributed by atoms with E-state index in [2.05, 4.69) is 25.1 Å². The Kier molecular flexibility index (Phi) is 2.50. The molecule has 0 bridgehead atoms. The van der Waals surface area contributed by atoms with Crippen LogP contribution in [0.5, 0.6) is 0 Å². The van der Waals surface area contributed by atoms with Crippen LogP contribution in [-0.2, 0) is 4.79 Å². The van der Waals surface area contributed by atoms with Gasteiger partial charge in [0.25, 0.3) is 0 Å². The highest BCUT2D eigenvalue weighted by molar-refractivity contribution is 6.08. The lowest BCUT2D eigenvalue weighted by Crippen LogP contribution is -2.41. The topological polar surface area (TPSA) is 114 Å².